The minimum Gasteiger partial charge on any atom is -0.398 e. The molecule has 0 amide bonds. The van der Waals surface area contributed by atoms with Crippen molar-refractivity contribution in [3.8, 4) is 0 Å². The first-order valence-corrected chi connectivity index (χ1v) is 6.95. The van der Waals surface area contributed by atoms with Crippen LogP contribution in [-0.2, 0) is 6.54 Å². The monoisotopic (exact) mass is 322 g/mol. The molecule has 2 aromatic carbocycles. The average Bonchev–Trinajstić information content (AvgIpc) is 2.41. The maximum atomic E-state index is 13.8. The lowest BCUT2D eigenvalue weighted by atomic mass is 10.1. The van der Waals surface area contributed by atoms with Crippen molar-refractivity contribution in [2.24, 2.45) is 0 Å². The number of hydrogen-bond donors (Lipinski definition) is 1. The molecule has 2 aromatic rings. The Morgan fingerprint density at radius 1 is 1.16 bits per heavy atom. The van der Waals surface area contributed by atoms with E-state index in [1.54, 1.807) is 12.1 Å². The first-order valence-electron chi connectivity index (χ1n) is 6.15. The third-order valence-corrected chi connectivity index (χ3v) is 4.01. The molecule has 0 aliphatic heterocycles. The van der Waals surface area contributed by atoms with Gasteiger partial charge in [-0.25, -0.2) is 4.39 Å². The van der Waals surface area contributed by atoms with E-state index in [1.165, 1.54) is 6.07 Å². The van der Waals surface area contributed by atoms with Crippen LogP contribution in [0.4, 0.5) is 15.8 Å². The van der Waals surface area contributed by atoms with Crippen LogP contribution < -0.4 is 10.6 Å². The third-order valence-electron chi connectivity index (χ3n) is 3.04. The van der Waals surface area contributed by atoms with Crippen molar-refractivity contribution in [3.63, 3.8) is 0 Å². The second kappa shape index (κ2) is 6.06. The first kappa shape index (κ1) is 13.9. The quantitative estimate of drug-likeness (QED) is 0.855. The van der Waals surface area contributed by atoms with E-state index >= 15 is 0 Å². The van der Waals surface area contributed by atoms with E-state index in [2.05, 4.69) is 15.9 Å². The molecule has 0 saturated heterocycles. The number of hydrogen-bond acceptors (Lipinski definition) is 2. The summed E-state index contributed by atoms with van der Waals surface area (Å²) >= 11 is 3.48. The number of rotatable bonds is 4. The zero-order chi connectivity index (χ0) is 13.8. The molecule has 0 aliphatic rings. The summed E-state index contributed by atoms with van der Waals surface area (Å²) in [6.45, 7) is 3.35. The predicted octanol–water partition coefficient (Wildman–Crippen LogP) is 4.20. The zero-order valence-electron chi connectivity index (χ0n) is 10.7. The number of halogens is 2. The molecule has 0 radical (unpaired) electrons. The van der Waals surface area contributed by atoms with Crippen molar-refractivity contribution in [1.29, 1.82) is 0 Å². The van der Waals surface area contributed by atoms with E-state index in [4.69, 9.17) is 5.73 Å². The van der Waals surface area contributed by atoms with Gasteiger partial charge in [-0.1, -0.05) is 24.3 Å². The topological polar surface area (TPSA) is 29.3 Å². The molecule has 0 saturated carbocycles. The maximum absolute atomic E-state index is 13.8. The molecule has 2 nitrogen and oxygen atoms in total. The summed E-state index contributed by atoms with van der Waals surface area (Å²) in [5.41, 5.74) is 8.22. The van der Waals surface area contributed by atoms with Crippen molar-refractivity contribution in [2.75, 3.05) is 17.2 Å². The third kappa shape index (κ3) is 3.07. The van der Waals surface area contributed by atoms with Crippen LogP contribution in [0.5, 0.6) is 0 Å². The Labute approximate surface area is 121 Å². The Balaban J connectivity index is 2.30. The number of benzene rings is 2. The SMILES string of the molecule is CCN(Cc1cccc(N)c1Br)c1ccccc1F. The molecule has 2 rings (SSSR count). The summed E-state index contributed by atoms with van der Waals surface area (Å²) in [6.07, 6.45) is 0. The lowest BCUT2D eigenvalue weighted by Crippen LogP contribution is -2.23. The molecule has 19 heavy (non-hydrogen) atoms. The van der Waals surface area contributed by atoms with E-state index < -0.39 is 0 Å². The van der Waals surface area contributed by atoms with E-state index in [0.29, 0.717) is 17.9 Å². The molecule has 0 aliphatic carbocycles. The lowest BCUT2D eigenvalue weighted by molar-refractivity contribution is 0.618. The molecule has 0 aromatic heterocycles. The van der Waals surface area contributed by atoms with Gasteiger partial charge < -0.3 is 10.6 Å². The fourth-order valence-electron chi connectivity index (χ4n) is 2.00. The normalized spacial score (nSPS) is 10.5. The Bertz CT molecular complexity index is 572. The second-order valence-corrected chi connectivity index (χ2v) is 5.08. The smallest absolute Gasteiger partial charge is 0.146 e. The highest BCUT2D eigenvalue weighted by Gasteiger charge is 2.12. The fraction of sp³-hybridized carbons (Fsp3) is 0.200. The van der Waals surface area contributed by atoms with Crippen molar-refractivity contribution in [2.45, 2.75) is 13.5 Å². The van der Waals surface area contributed by atoms with Gasteiger partial charge in [0.2, 0.25) is 0 Å². The largest absolute Gasteiger partial charge is 0.398 e. The van der Waals surface area contributed by atoms with Gasteiger partial charge in [-0.2, -0.15) is 0 Å². The summed E-state index contributed by atoms with van der Waals surface area (Å²) in [5, 5.41) is 0. The summed E-state index contributed by atoms with van der Waals surface area (Å²) in [7, 11) is 0. The van der Waals surface area contributed by atoms with Gasteiger partial charge >= 0.3 is 0 Å². The standard InChI is InChI=1S/C15H16BrFN2/c1-2-19(14-9-4-3-7-12(14)17)10-11-6-5-8-13(18)15(11)16/h3-9H,2,10,18H2,1H3. The van der Waals surface area contributed by atoms with Crippen molar-refractivity contribution < 1.29 is 4.39 Å². The number of nitrogens with two attached hydrogens (primary N) is 1. The molecule has 2 N–H and O–H groups in total. The molecule has 0 spiro atoms. The van der Waals surface area contributed by atoms with Crippen LogP contribution in [0, 0.1) is 5.82 Å². The van der Waals surface area contributed by atoms with Gasteiger partial charge in [0.1, 0.15) is 5.82 Å². The van der Waals surface area contributed by atoms with Crippen LogP contribution in [0.15, 0.2) is 46.9 Å². The Hall–Kier alpha value is -1.55. The van der Waals surface area contributed by atoms with Crippen molar-refractivity contribution in [3.05, 3.63) is 58.3 Å². The number of para-hydroxylation sites is 1. The molecule has 0 fully saturated rings. The minimum absolute atomic E-state index is 0.204. The molecule has 100 valence electrons. The van der Waals surface area contributed by atoms with E-state index in [9.17, 15) is 4.39 Å². The number of anilines is 2. The van der Waals surface area contributed by atoms with Crippen LogP contribution in [0.2, 0.25) is 0 Å². The Kier molecular flexibility index (Phi) is 4.43. The molecule has 0 bridgehead atoms. The van der Waals surface area contributed by atoms with Gasteiger partial charge in [0.15, 0.2) is 0 Å². The summed E-state index contributed by atoms with van der Waals surface area (Å²) in [5.74, 6) is -0.204. The second-order valence-electron chi connectivity index (χ2n) is 4.29. The predicted molar refractivity (Wildman–Crippen MR) is 81.7 cm³/mol. The number of nitrogens with zero attached hydrogens (tertiary/aromatic N) is 1. The zero-order valence-corrected chi connectivity index (χ0v) is 12.3. The summed E-state index contributed by atoms with van der Waals surface area (Å²) in [4.78, 5) is 1.98. The number of nitrogen functional groups attached to an aromatic ring is 1. The molecule has 0 atom stereocenters. The Morgan fingerprint density at radius 2 is 1.89 bits per heavy atom. The van der Waals surface area contributed by atoms with Gasteiger partial charge in [0.05, 0.1) is 5.69 Å². The molecular weight excluding hydrogens is 307 g/mol. The lowest BCUT2D eigenvalue weighted by Gasteiger charge is -2.24. The molecular formula is C15H16BrFN2. The van der Waals surface area contributed by atoms with Gasteiger partial charge in [-0.05, 0) is 46.6 Å². The first-order chi connectivity index (χ1) is 9.13. The maximum Gasteiger partial charge on any atom is 0.146 e. The Morgan fingerprint density at radius 3 is 2.58 bits per heavy atom. The van der Waals surface area contributed by atoms with Crippen LogP contribution in [0.1, 0.15) is 12.5 Å². The van der Waals surface area contributed by atoms with Gasteiger partial charge in [-0.3, -0.25) is 0 Å². The van der Waals surface area contributed by atoms with E-state index in [0.717, 1.165) is 16.6 Å². The van der Waals surface area contributed by atoms with E-state index in [-0.39, 0.29) is 5.82 Å². The van der Waals surface area contributed by atoms with Crippen molar-refractivity contribution >= 4 is 27.3 Å². The summed E-state index contributed by atoms with van der Waals surface area (Å²) in [6, 6.07) is 12.5. The highest BCUT2D eigenvalue weighted by atomic mass is 79.9. The van der Waals surface area contributed by atoms with Crippen molar-refractivity contribution in [1.82, 2.24) is 0 Å². The highest BCUT2D eigenvalue weighted by molar-refractivity contribution is 9.10. The molecule has 4 heteroatoms. The van der Waals surface area contributed by atoms with Crippen LogP contribution in [-0.4, -0.2) is 6.54 Å². The van der Waals surface area contributed by atoms with Gasteiger partial charge in [0, 0.05) is 23.2 Å². The van der Waals surface area contributed by atoms with Gasteiger partial charge in [0.25, 0.3) is 0 Å². The molecule has 0 unspecified atom stereocenters. The van der Waals surface area contributed by atoms with E-state index in [1.807, 2.05) is 36.1 Å². The van der Waals surface area contributed by atoms with Crippen LogP contribution in [0.25, 0.3) is 0 Å². The van der Waals surface area contributed by atoms with Crippen LogP contribution in [0.3, 0.4) is 0 Å². The fourth-order valence-corrected chi connectivity index (χ4v) is 2.39. The highest BCUT2D eigenvalue weighted by Crippen LogP contribution is 2.27. The van der Waals surface area contributed by atoms with Gasteiger partial charge in [-0.15, -0.1) is 0 Å². The molecule has 0 heterocycles. The minimum atomic E-state index is -0.204. The van der Waals surface area contributed by atoms with Crippen LogP contribution >= 0.6 is 15.9 Å². The summed E-state index contributed by atoms with van der Waals surface area (Å²) < 4.78 is 14.7. The average molecular weight is 323 g/mol.